The van der Waals surface area contributed by atoms with Crippen molar-refractivity contribution >= 4 is 10.0 Å². The average molecular weight is 409 g/mol. The zero-order valence-corrected chi connectivity index (χ0v) is 17.5. The molecule has 3 rings (SSSR count). The minimum absolute atomic E-state index is 0.226. The number of aromatic nitrogens is 2. The Labute approximate surface area is 166 Å². The molecule has 154 valence electrons. The SMILES string of the molecule is CCc1nccn1CCN1CCN(S(=O)(=O)c2ccc(OC)c(OC)c2)CC1. The first-order chi connectivity index (χ1) is 13.5. The Balaban J connectivity index is 1.60. The van der Waals surface area contributed by atoms with Gasteiger partial charge in [-0.2, -0.15) is 4.31 Å². The van der Waals surface area contributed by atoms with Crippen LogP contribution in [0.3, 0.4) is 0 Å². The van der Waals surface area contributed by atoms with Crippen LogP contribution in [-0.4, -0.2) is 74.1 Å². The van der Waals surface area contributed by atoms with Gasteiger partial charge in [0.1, 0.15) is 5.82 Å². The Morgan fingerprint density at radius 3 is 2.39 bits per heavy atom. The molecule has 1 aliphatic heterocycles. The fraction of sp³-hybridized carbons (Fsp3) is 0.526. The van der Waals surface area contributed by atoms with Crippen molar-refractivity contribution in [2.45, 2.75) is 24.8 Å². The molecule has 0 saturated carbocycles. The molecule has 0 unspecified atom stereocenters. The van der Waals surface area contributed by atoms with Gasteiger partial charge in [0.15, 0.2) is 11.5 Å². The predicted octanol–water partition coefficient (Wildman–Crippen LogP) is 1.47. The van der Waals surface area contributed by atoms with Crippen LogP contribution < -0.4 is 9.47 Å². The molecule has 8 nitrogen and oxygen atoms in total. The van der Waals surface area contributed by atoms with Crippen LogP contribution in [0.2, 0.25) is 0 Å². The topological polar surface area (TPSA) is 76.9 Å². The monoisotopic (exact) mass is 408 g/mol. The lowest BCUT2D eigenvalue weighted by atomic mass is 10.3. The van der Waals surface area contributed by atoms with Gasteiger partial charge in [-0.1, -0.05) is 6.92 Å². The van der Waals surface area contributed by atoms with Crippen LogP contribution in [0.15, 0.2) is 35.5 Å². The third kappa shape index (κ3) is 4.31. The van der Waals surface area contributed by atoms with Gasteiger partial charge >= 0.3 is 0 Å². The molecule has 1 saturated heterocycles. The highest BCUT2D eigenvalue weighted by atomic mass is 32.2. The van der Waals surface area contributed by atoms with Crippen LogP contribution in [0, 0.1) is 0 Å². The van der Waals surface area contributed by atoms with E-state index in [4.69, 9.17) is 9.47 Å². The molecule has 0 N–H and O–H groups in total. The van der Waals surface area contributed by atoms with Crippen LogP contribution in [0.5, 0.6) is 11.5 Å². The molecular weight excluding hydrogens is 380 g/mol. The lowest BCUT2D eigenvalue weighted by Gasteiger charge is -2.34. The molecule has 0 spiro atoms. The molecule has 0 amide bonds. The second kappa shape index (κ2) is 8.93. The van der Waals surface area contributed by atoms with E-state index < -0.39 is 10.0 Å². The number of rotatable bonds is 8. The van der Waals surface area contributed by atoms with Gasteiger partial charge in [-0.15, -0.1) is 0 Å². The lowest BCUT2D eigenvalue weighted by Crippen LogP contribution is -2.49. The number of piperazine rings is 1. The Bertz CT molecular complexity index is 889. The van der Waals surface area contributed by atoms with E-state index in [0.29, 0.717) is 37.7 Å². The highest BCUT2D eigenvalue weighted by Crippen LogP contribution is 2.30. The molecule has 2 heterocycles. The number of imidazole rings is 1. The number of ether oxygens (including phenoxy) is 2. The average Bonchev–Trinajstić information content (AvgIpc) is 3.19. The zero-order chi connectivity index (χ0) is 20.1. The van der Waals surface area contributed by atoms with Gasteiger partial charge in [-0.25, -0.2) is 13.4 Å². The van der Waals surface area contributed by atoms with Crippen molar-refractivity contribution in [2.24, 2.45) is 0 Å². The van der Waals surface area contributed by atoms with Crippen molar-refractivity contribution in [3.63, 3.8) is 0 Å². The first-order valence-electron chi connectivity index (χ1n) is 9.44. The molecule has 0 atom stereocenters. The molecule has 0 aliphatic carbocycles. The Hall–Kier alpha value is -2.10. The van der Waals surface area contributed by atoms with Crippen molar-refractivity contribution in [1.82, 2.24) is 18.8 Å². The van der Waals surface area contributed by atoms with Crippen LogP contribution in [0.1, 0.15) is 12.7 Å². The molecule has 9 heteroatoms. The predicted molar refractivity (Wildman–Crippen MR) is 106 cm³/mol. The second-order valence-corrected chi connectivity index (χ2v) is 8.59. The van der Waals surface area contributed by atoms with E-state index in [-0.39, 0.29) is 4.90 Å². The Kier molecular flexibility index (Phi) is 6.58. The van der Waals surface area contributed by atoms with E-state index in [0.717, 1.165) is 25.3 Å². The molecular formula is C19H28N4O4S. The molecule has 1 aliphatic rings. The van der Waals surface area contributed by atoms with E-state index in [9.17, 15) is 8.42 Å². The minimum atomic E-state index is -3.56. The number of methoxy groups -OCH3 is 2. The minimum Gasteiger partial charge on any atom is -0.493 e. The highest BCUT2D eigenvalue weighted by molar-refractivity contribution is 7.89. The fourth-order valence-electron chi connectivity index (χ4n) is 3.43. The lowest BCUT2D eigenvalue weighted by molar-refractivity contribution is 0.182. The number of hydrogen-bond donors (Lipinski definition) is 0. The highest BCUT2D eigenvalue weighted by Gasteiger charge is 2.29. The summed E-state index contributed by atoms with van der Waals surface area (Å²) in [4.78, 5) is 6.86. The Morgan fingerprint density at radius 1 is 1.04 bits per heavy atom. The van der Waals surface area contributed by atoms with Crippen LogP contribution in [0.25, 0.3) is 0 Å². The van der Waals surface area contributed by atoms with E-state index in [1.807, 2.05) is 12.4 Å². The summed E-state index contributed by atoms with van der Waals surface area (Å²) in [5.74, 6) is 2.00. The largest absolute Gasteiger partial charge is 0.493 e. The van der Waals surface area contributed by atoms with Gasteiger partial charge < -0.3 is 14.0 Å². The Morgan fingerprint density at radius 2 is 1.75 bits per heavy atom. The van der Waals surface area contributed by atoms with Crippen molar-refractivity contribution in [1.29, 1.82) is 0 Å². The van der Waals surface area contributed by atoms with Crippen LogP contribution in [0.4, 0.5) is 0 Å². The number of nitrogens with zero attached hydrogens (tertiary/aromatic N) is 4. The number of aryl methyl sites for hydroxylation is 1. The normalized spacial score (nSPS) is 16.2. The number of hydrogen-bond acceptors (Lipinski definition) is 6. The summed E-state index contributed by atoms with van der Waals surface area (Å²) >= 11 is 0. The second-order valence-electron chi connectivity index (χ2n) is 6.65. The molecule has 28 heavy (non-hydrogen) atoms. The maximum Gasteiger partial charge on any atom is 0.243 e. The molecule has 1 fully saturated rings. The summed E-state index contributed by atoms with van der Waals surface area (Å²) in [6.45, 7) is 6.21. The maximum absolute atomic E-state index is 13.0. The van der Waals surface area contributed by atoms with E-state index in [1.54, 1.807) is 16.4 Å². The zero-order valence-electron chi connectivity index (χ0n) is 16.7. The van der Waals surface area contributed by atoms with Crippen molar-refractivity contribution in [3.05, 3.63) is 36.4 Å². The molecule has 1 aromatic carbocycles. The van der Waals surface area contributed by atoms with Crippen molar-refractivity contribution in [2.75, 3.05) is 46.9 Å². The van der Waals surface area contributed by atoms with Gasteiger partial charge in [0.05, 0.1) is 19.1 Å². The first kappa shape index (κ1) is 20.6. The van der Waals surface area contributed by atoms with E-state index in [1.165, 1.54) is 20.3 Å². The van der Waals surface area contributed by atoms with Gasteiger partial charge in [0.25, 0.3) is 0 Å². The van der Waals surface area contributed by atoms with Crippen LogP contribution >= 0.6 is 0 Å². The van der Waals surface area contributed by atoms with E-state index in [2.05, 4.69) is 21.4 Å². The summed E-state index contributed by atoms with van der Waals surface area (Å²) < 4.78 is 40.1. The third-order valence-electron chi connectivity index (χ3n) is 5.10. The summed E-state index contributed by atoms with van der Waals surface area (Å²) in [6, 6.07) is 4.71. The molecule has 1 aromatic heterocycles. The molecule has 0 radical (unpaired) electrons. The van der Waals surface area contributed by atoms with Crippen molar-refractivity contribution in [3.8, 4) is 11.5 Å². The molecule has 2 aromatic rings. The van der Waals surface area contributed by atoms with Crippen LogP contribution in [-0.2, 0) is 23.0 Å². The fourth-order valence-corrected chi connectivity index (χ4v) is 4.86. The number of sulfonamides is 1. The summed E-state index contributed by atoms with van der Waals surface area (Å²) in [7, 11) is -0.532. The van der Waals surface area contributed by atoms with Crippen molar-refractivity contribution < 1.29 is 17.9 Å². The van der Waals surface area contributed by atoms with Gasteiger partial charge in [0, 0.05) is 64.1 Å². The third-order valence-corrected chi connectivity index (χ3v) is 6.99. The van der Waals surface area contributed by atoms with Gasteiger partial charge in [0.2, 0.25) is 10.0 Å². The maximum atomic E-state index is 13.0. The van der Waals surface area contributed by atoms with Gasteiger partial charge in [-0.05, 0) is 12.1 Å². The summed E-state index contributed by atoms with van der Waals surface area (Å²) in [5.41, 5.74) is 0. The standard InChI is InChI=1S/C19H28N4O4S/c1-4-19-20-7-8-22(19)12-9-21-10-13-23(14-11-21)28(24,25)16-5-6-17(26-2)18(15-16)27-3/h5-8,15H,4,9-14H2,1-3H3. The van der Waals surface area contributed by atoms with Gasteiger partial charge in [-0.3, -0.25) is 4.90 Å². The van der Waals surface area contributed by atoms with E-state index >= 15 is 0 Å². The summed E-state index contributed by atoms with van der Waals surface area (Å²) in [6.07, 6.45) is 4.73. The molecule has 0 bridgehead atoms. The summed E-state index contributed by atoms with van der Waals surface area (Å²) in [5, 5.41) is 0. The first-order valence-corrected chi connectivity index (χ1v) is 10.9. The quantitative estimate of drug-likeness (QED) is 0.658. The smallest absolute Gasteiger partial charge is 0.243 e. The number of benzene rings is 1.